The molecule has 62 heavy (non-hydrogen) atoms. The van der Waals surface area contributed by atoms with Crippen molar-refractivity contribution in [1.82, 2.24) is 29.9 Å². The molecule has 328 valence electrons. The van der Waals surface area contributed by atoms with Crippen LogP contribution in [0.15, 0.2) is 46.2 Å². The third kappa shape index (κ3) is 19.1. The molecule has 0 fully saturated rings. The molecular formula is C34H46N12Na2O12S2. The fourth-order valence-corrected chi connectivity index (χ4v) is 6.22. The number of benzene rings is 2. The van der Waals surface area contributed by atoms with Crippen LogP contribution in [0.3, 0.4) is 0 Å². The van der Waals surface area contributed by atoms with Crippen molar-refractivity contribution in [2.24, 2.45) is 0 Å². The average Bonchev–Trinajstić information content (AvgIpc) is 3.18. The molecule has 0 radical (unpaired) electrons. The van der Waals surface area contributed by atoms with E-state index in [1.165, 1.54) is 24.3 Å². The molecule has 2 heterocycles. The first kappa shape index (κ1) is 54.7. The Hall–Kier alpha value is -3.42. The van der Waals surface area contributed by atoms with Crippen molar-refractivity contribution >= 4 is 79.5 Å². The Balaban J connectivity index is 0.00000661. The number of hydrogen-bond acceptors (Lipinski definition) is 24. The Morgan fingerprint density at radius 3 is 1.24 bits per heavy atom. The Morgan fingerprint density at radius 2 is 0.919 bits per heavy atom. The first-order chi connectivity index (χ1) is 28.5. The summed E-state index contributed by atoms with van der Waals surface area (Å²) >= 11 is 0. The molecule has 0 bridgehead atoms. The van der Waals surface area contributed by atoms with E-state index in [4.69, 9.17) is 19.7 Å². The van der Waals surface area contributed by atoms with Gasteiger partial charge >= 0.3 is 59.1 Å². The molecule has 0 spiro atoms. The van der Waals surface area contributed by atoms with Crippen LogP contribution in [0.2, 0.25) is 0 Å². The van der Waals surface area contributed by atoms with Crippen molar-refractivity contribution in [2.75, 3.05) is 97.7 Å². The molecule has 0 aliphatic carbocycles. The van der Waals surface area contributed by atoms with Crippen molar-refractivity contribution in [3.63, 3.8) is 0 Å². The van der Waals surface area contributed by atoms with Crippen molar-refractivity contribution < 1.29 is 115 Å². The van der Waals surface area contributed by atoms with Gasteiger partial charge < -0.3 is 70.9 Å². The van der Waals surface area contributed by atoms with Gasteiger partial charge in [-0.15, -0.1) is 0 Å². The van der Waals surface area contributed by atoms with Crippen LogP contribution in [0.1, 0.15) is 25.0 Å². The second kappa shape index (κ2) is 27.0. The summed E-state index contributed by atoms with van der Waals surface area (Å²) in [5, 5.41) is 54.4. The van der Waals surface area contributed by atoms with Crippen LogP contribution in [0.25, 0.3) is 12.2 Å². The van der Waals surface area contributed by atoms with Gasteiger partial charge in [-0.05, 0) is 49.2 Å². The van der Waals surface area contributed by atoms with E-state index in [0.717, 1.165) is 24.3 Å². The largest absolute Gasteiger partial charge is 1.00 e. The fourth-order valence-electron chi connectivity index (χ4n) is 4.83. The molecule has 2 atom stereocenters. The number of ether oxygens (including phenoxy) is 2. The Labute approximate surface area is 402 Å². The molecule has 0 aliphatic heterocycles. The molecule has 4 rings (SSSR count). The van der Waals surface area contributed by atoms with Crippen molar-refractivity contribution in [3.05, 3.63) is 47.5 Å². The quantitative estimate of drug-likeness (QED) is 0.0121. The minimum Gasteiger partial charge on any atom is -0.744 e. The van der Waals surface area contributed by atoms with E-state index in [0.29, 0.717) is 0 Å². The van der Waals surface area contributed by atoms with E-state index in [-0.39, 0.29) is 183 Å². The summed E-state index contributed by atoms with van der Waals surface area (Å²) in [6.07, 6.45) is 0.807. The predicted molar refractivity (Wildman–Crippen MR) is 217 cm³/mol. The number of aromatic nitrogens is 6. The maximum atomic E-state index is 12.5. The zero-order valence-electron chi connectivity index (χ0n) is 34.4. The molecule has 2 aromatic carbocycles. The van der Waals surface area contributed by atoms with Crippen LogP contribution in [0.5, 0.6) is 0 Å². The van der Waals surface area contributed by atoms with E-state index in [9.17, 15) is 36.2 Å². The number of hydrogen-bond donors (Lipinski definition) is 10. The molecule has 0 saturated carbocycles. The third-order valence-corrected chi connectivity index (χ3v) is 9.22. The molecule has 0 amide bonds. The van der Waals surface area contributed by atoms with Crippen LogP contribution in [0.4, 0.5) is 47.1 Å². The molecular weight excluding hydrogens is 879 g/mol. The Bertz CT molecular complexity index is 2130. The smallest absolute Gasteiger partial charge is 0.744 e. The zero-order chi connectivity index (χ0) is 43.7. The van der Waals surface area contributed by atoms with Gasteiger partial charge in [0.25, 0.3) is 0 Å². The van der Waals surface area contributed by atoms with Crippen LogP contribution in [-0.4, -0.2) is 154 Å². The van der Waals surface area contributed by atoms with Gasteiger partial charge in [0.15, 0.2) is 0 Å². The van der Waals surface area contributed by atoms with Gasteiger partial charge in [0.05, 0.1) is 61.6 Å². The minimum absolute atomic E-state index is 0. The van der Waals surface area contributed by atoms with E-state index in [2.05, 4.69) is 61.8 Å². The van der Waals surface area contributed by atoms with E-state index in [1.54, 1.807) is 13.8 Å². The molecule has 24 nitrogen and oxygen atoms in total. The van der Waals surface area contributed by atoms with Gasteiger partial charge in [0.2, 0.25) is 35.7 Å². The van der Waals surface area contributed by atoms with Gasteiger partial charge in [0, 0.05) is 37.6 Å². The summed E-state index contributed by atoms with van der Waals surface area (Å²) in [6.45, 7) is 4.14. The monoisotopic (exact) mass is 924 g/mol. The van der Waals surface area contributed by atoms with Crippen molar-refractivity contribution in [2.45, 2.75) is 35.8 Å². The fraction of sp³-hybridized carbons (Fsp3) is 0.412. The van der Waals surface area contributed by atoms with Crippen LogP contribution < -0.4 is 91.0 Å². The Kier molecular flexibility index (Phi) is 23.9. The van der Waals surface area contributed by atoms with Crippen molar-refractivity contribution in [3.8, 4) is 0 Å². The van der Waals surface area contributed by atoms with Gasteiger partial charge in [-0.3, -0.25) is 0 Å². The predicted octanol–water partition coefficient (Wildman–Crippen LogP) is -6.04. The summed E-state index contributed by atoms with van der Waals surface area (Å²) in [5.41, 5.74) is -0.144. The third-order valence-electron chi connectivity index (χ3n) is 7.43. The number of anilines is 8. The van der Waals surface area contributed by atoms with Gasteiger partial charge in [0.1, 0.15) is 20.2 Å². The first-order valence-electron chi connectivity index (χ1n) is 18.2. The standard InChI is InChI=1S/C34H48N12O12S2.2Na/c1-21(49)19-37-31-41-29(35-9-13-57-15-11-47)43-33(45-31)39-25-7-5-23(27(17-25)59(51,52)53)3-4-24-6-8-26(18-28(24)60(54,55)56)40-34-44-30(36-10-14-58-16-12-48)42-32(46-34)38-20-22(2)50;;/h3-8,17-18,21-22,47-50H,9-16,19-20H2,1-2H3,(H,51,52,53)(H,54,55,56)(H3,35,37,39,41,43,45)(H3,36,38,40,42,44,46);;/q;2*+1/p-2/b4-3+;;. The summed E-state index contributed by atoms with van der Waals surface area (Å²) in [5.74, 6) is 0.112. The molecule has 0 saturated heterocycles. The number of aliphatic hydroxyl groups is 4. The summed E-state index contributed by atoms with van der Waals surface area (Å²) in [7, 11) is -10.3. The molecule has 10 N–H and O–H groups in total. The molecule has 2 unspecified atom stereocenters. The average molecular weight is 925 g/mol. The Morgan fingerprint density at radius 1 is 0.581 bits per heavy atom. The van der Waals surface area contributed by atoms with Crippen molar-refractivity contribution in [1.29, 1.82) is 0 Å². The second-order valence-electron chi connectivity index (χ2n) is 12.6. The molecule has 2 aromatic heterocycles. The van der Waals surface area contributed by atoms with Crippen LogP contribution >= 0.6 is 0 Å². The number of nitrogens with one attached hydrogen (secondary N) is 6. The number of rotatable bonds is 26. The second-order valence-corrected chi connectivity index (χ2v) is 15.3. The topological polar surface area (TPSA) is 363 Å². The summed E-state index contributed by atoms with van der Waals surface area (Å²) in [6, 6.07) is 7.38. The van der Waals surface area contributed by atoms with E-state index >= 15 is 0 Å². The first-order valence-corrected chi connectivity index (χ1v) is 21.0. The summed E-state index contributed by atoms with van der Waals surface area (Å²) < 4.78 is 85.1. The molecule has 28 heteroatoms. The number of aliphatic hydroxyl groups excluding tert-OH is 4. The SMILES string of the molecule is CC(O)CNc1nc(NCCOCCO)nc(Nc2ccc(/C=C/c3ccc(Nc4nc(NCCOCCO)nc(NCC(C)O)n4)cc3S(=O)(=O)[O-])c(S(=O)(=O)[O-])c2)n1.[Na+].[Na+]. The summed E-state index contributed by atoms with van der Waals surface area (Å²) in [4.78, 5) is 24.0. The van der Waals surface area contributed by atoms with Crippen LogP contribution in [-0.2, 0) is 29.7 Å². The minimum atomic E-state index is -5.14. The zero-order valence-corrected chi connectivity index (χ0v) is 40.0. The van der Waals surface area contributed by atoms with E-state index < -0.39 is 42.2 Å². The molecule has 0 aliphatic rings. The van der Waals surface area contributed by atoms with Crippen LogP contribution in [0, 0.1) is 0 Å². The molecule has 4 aromatic rings. The maximum Gasteiger partial charge on any atom is 1.00 e. The normalized spacial score (nSPS) is 12.5. The maximum absolute atomic E-state index is 12.5. The van der Waals surface area contributed by atoms with Gasteiger partial charge in [-0.2, -0.15) is 29.9 Å². The van der Waals surface area contributed by atoms with Gasteiger partial charge in [-0.1, -0.05) is 24.3 Å². The van der Waals surface area contributed by atoms with Gasteiger partial charge in [-0.25, -0.2) is 16.8 Å². The van der Waals surface area contributed by atoms with E-state index in [1.807, 2.05) is 0 Å². The number of nitrogens with zero attached hydrogens (tertiary/aromatic N) is 6.